The summed E-state index contributed by atoms with van der Waals surface area (Å²) < 4.78 is 0. The predicted molar refractivity (Wildman–Crippen MR) is 102 cm³/mol. The zero-order chi connectivity index (χ0) is 18.2. The molecule has 1 heterocycles. The van der Waals surface area contributed by atoms with Crippen molar-refractivity contribution in [3.05, 3.63) is 29.8 Å². The fraction of sp³-hybridized carbons (Fsp3) is 0.619. The van der Waals surface area contributed by atoms with Gasteiger partial charge in [-0.3, -0.25) is 10.1 Å². The summed E-state index contributed by atoms with van der Waals surface area (Å²) in [6.07, 6.45) is 10.0. The summed E-state index contributed by atoms with van der Waals surface area (Å²) >= 11 is 0. The zero-order valence-corrected chi connectivity index (χ0v) is 15.6. The summed E-state index contributed by atoms with van der Waals surface area (Å²) in [5, 5.41) is 6.67. The number of urea groups is 1. The zero-order valence-electron chi connectivity index (χ0n) is 15.6. The topological polar surface area (TPSA) is 61.4 Å². The Morgan fingerprint density at radius 1 is 0.962 bits per heavy atom. The van der Waals surface area contributed by atoms with Gasteiger partial charge in [0.2, 0.25) is 0 Å². The van der Waals surface area contributed by atoms with Crippen LogP contribution in [0.15, 0.2) is 24.3 Å². The number of imide groups is 1. The van der Waals surface area contributed by atoms with E-state index in [0.29, 0.717) is 0 Å². The van der Waals surface area contributed by atoms with Crippen LogP contribution in [0.1, 0.15) is 69.8 Å². The molecule has 5 heteroatoms. The Labute approximate surface area is 155 Å². The average molecular weight is 355 g/mol. The van der Waals surface area contributed by atoms with Crippen LogP contribution < -0.4 is 10.6 Å². The molecule has 0 radical (unpaired) electrons. The molecule has 2 saturated carbocycles. The molecule has 1 aromatic carbocycles. The van der Waals surface area contributed by atoms with E-state index >= 15 is 0 Å². The van der Waals surface area contributed by atoms with Crippen LogP contribution in [0.2, 0.25) is 0 Å². The molecule has 3 aliphatic rings. The third-order valence-corrected chi connectivity index (χ3v) is 6.41. The van der Waals surface area contributed by atoms with Gasteiger partial charge in [-0.25, -0.2) is 9.69 Å². The number of carbonyl (C=O) groups is 2. The highest BCUT2D eigenvalue weighted by atomic mass is 16.2. The van der Waals surface area contributed by atoms with Gasteiger partial charge in [0.15, 0.2) is 0 Å². The number of amides is 3. The maximum absolute atomic E-state index is 13.4. The van der Waals surface area contributed by atoms with Crippen LogP contribution in [0.5, 0.6) is 0 Å². The van der Waals surface area contributed by atoms with Gasteiger partial charge in [0.1, 0.15) is 11.2 Å². The van der Waals surface area contributed by atoms with Crippen molar-refractivity contribution in [2.24, 2.45) is 0 Å². The van der Waals surface area contributed by atoms with Crippen molar-refractivity contribution in [1.82, 2.24) is 10.2 Å². The highest BCUT2D eigenvalue weighted by Gasteiger charge is 2.60. The van der Waals surface area contributed by atoms with Crippen LogP contribution in [0, 0.1) is 6.92 Å². The number of anilines is 1. The maximum atomic E-state index is 13.4. The van der Waals surface area contributed by atoms with E-state index < -0.39 is 11.2 Å². The lowest BCUT2D eigenvalue weighted by molar-refractivity contribution is -0.132. The van der Waals surface area contributed by atoms with Crippen LogP contribution >= 0.6 is 0 Å². The van der Waals surface area contributed by atoms with Crippen LogP contribution in [-0.4, -0.2) is 28.0 Å². The minimum Gasteiger partial charge on any atom is -0.307 e. The molecule has 1 aromatic rings. The molecule has 2 spiro atoms. The lowest BCUT2D eigenvalue weighted by Crippen LogP contribution is -2.58. The molecule has 1 aliphatic heterocycles. The largest absolute Gasteiger partial charge is 0.330 e. The third kappa shape index (κ3) is 2.92. The summed E-state index contributed by atoms with van der Waals surface area (Å²) in [7, 11) is 0. The molecule has 0 aromatic heterocycles. The van der Waals surface area contributed by atoms with E-state index in [2.05, 4.69) is 10.6 Å². The molecule has 0 atom stereocenters. The second kappa shape index (κ2) is 6.69. The fourth-order valence-electron chi connectivity index (χ4n) is 5.05. The molecule has 2 N–H and O–H groups in total. The molecule has 2 aliphatic carbocycles. The van der Waals surface area contributed by atoms with E-state index in [0.717, 1.165) is 62.6 Å². The Bertz CT molecular complexity index is 686. The minimum absolute atomic E-state index is 0.0105. The lowest BCUT2D eigenvalue weighted by Gasteiger charge is -2.40. The highest BCUT2D eigenvalue weighted by Crippen LogP contribution is 2.44. The number of aryl methyl sites for hydroxylation is 1. The van der Waals surface area contributed by atoms with Gasteiger partial charge in [0.25, 0.3) is 5.91 Å². The van der Waals surface area contributed by atoms with E-state index in [1.807, 2.05) is 31.2 Å². The van der Waals surface area contributed by atoms with Gasteiger partial charge in [0.05, 0.1) is 0 Å². The first-order chi connectivity index (χ1) is 12.5. The van der Waals surface area contributed by atoms with Crippen molar-refractivity contribution in [2.75, 3.05) is 5.32 Å². The van der Waals surface area contributed by atoms with Gasteiger partial charge < -0.3 is 5.32 Å². The number of hydrogen-bond acceptors (Lipinski definition) is 3. The molecular formula is C21H29N3O2. The first-order valence-electron chi connectivity index (χ1n) is 10.1. The summed E-state index contributed by atoms with van der Waals surface area (Å²) in [5.41, 5.74) is 0.859. The SMILES string of the molecule is Cc1ccc(NC(=O)N2C(=O)C3(CCCCC3)NC23CCCCC3)cc1. The molecule has 0 bridgehead atoms. The Morgan fingerprint density at radius 2 is 1.54 bits per heavy atom. The van der Waals surface area contributed by atoms with Gasteiger partial charge in [-0.05, 0) is 57.6 Å². The quantitative estimate of drug-likeness (QED) is 0.788. The first-order valence-corrected chi connectivity index (χ1v) is 10.1. The lowest BCUT2D eigenvalue weighted by atomic mass is 9.81. The molecule has 3 amide bonds. The van der Waals surface area contributed by atoms with Crippen molar-refractivity contribution < 1.29 is 9.59 Å². The van der Waals surface area contributed by atoms with E-state index in [9.17, 15) is 9.59 Å². The molecule has 0 unspecified atom stereocenters. The van der Waals surface area contributed by atoms with E-state index in [-0.39, 0.29) is 11.9 Å². The predicted octanol–water partition coefficient (Wildman–Crippen LogP) is 4.32. The van der Waals surface area contributed by atoms with Crippen molar-refractivity contribution in [3.8, 4) is 0 Å². The van der Waals surface area contributed by atoms with E-state index in [1.165, 1.54) is 12.8 Å². The van der Waals surface area contributed by atoms with Gasteiger partial charge >= 0.3 is 6.03 Å². The Kier molecular flexibility index (Phi) is 4.51. The van der Waals surface area contributed by atoms with Crippen LogP contribution in [-0.2, 0) is 4.79 Å². The number of hydrogen-bond donors (Lipinski definition) is 2. The minimum atomic E-state index is -0.528. The number of nitrogens with zero attached hydrogens (tertiary/aromatic N) is 1. The summed E-state index contributed by atoms with van der Waals surface area (Å²) in [6.45, 7) is 2.02. The number of rotatable bonds is 1. The molecule has 26 heavy (non-hydrogen) atoms. The molecule has 140 valence electrons. The fourth-order valence-corrected chi connectivity index (χ4v) is 5.05. The van der Waals surface area contributed by atoms with Crippen LogP contribution in [0.3, 0.4) is 0 Å². The molecule has 4 rings (SSSR count). The van der Waals surface area contributed by atoms with Gasteiger partial charge in [-0.15, -0.1) is 0 Å². The Balaban J connectivity index is 1.63. The van der Waals surface area contributed by atoms with Crippen molar-refractivity contribution >= 4 is 17.6 Å². The van der Waals surface area contributed by atoms with Gasteiger partial charge in [-0.2, -0.15) is 0 Å². The molecule has 1 saturated heterocycles. The Hall–Kier alpha value is -1.88. The number of carbonyl (C=O) groups excluding carboxylic acids is 2. The Morgan fingerprint density at radius 3 is 2.15 bits per heavy atom. The van der Waals surface area contributed by atoms with Crippen molar-refractivity contribution in [3.63, 3.8) is 0 Å². The smallest absolute Gasteiger partial charge is 0.307 e. The first kappa shape index (κ1) is 17.5. The summed E-state index contributed by atoms with van der Waals surface area (Å²) in [6, 6.07) is 7.45. The summed E-state index contributed by atoms with van der Waals surface area (Å²) in [4.78, 5) is 28.2. The third-order valence-electron chi connectivity index (χ3n) is 6.41. The average Bonchev–Trinajstić information content (AvgIpc) is 2.86. The normalized spacial score (nSPS) is 24.2. The van der Waals surface area contributed by atoms with E-state index in [1.54, 1.807) is 4.90 Å². The summed E-state index contributed by atoms with van der Waals surface area (Å²) in [5.74, 6) is -0.0105. The van der Waals surface area contributed by atoms with Crippen LogP contribution in [0.25, 0.3) is 0 Å². The van der Waals surface area contributed by atoms with Gasteiger partial charge in [-0.1, -0.05) is 43.4 Å². The maximum Gasteiger partial charge on any atom is 0.330 e. The number of nitrogens with one attached hydrogen (secondary N) is 2. The molecule has 3 fully saturated rings. The van der Waals surface area contributed by atoms with Crippen LogP contribution in [0.4, 0.5) is 10.5 Å². The van der Waals surface area contributed by atoms with E-state index in [4.69, 9.17) is 0 Å². The molecular weight excluding hydrogens is 326 g/mol. The molecule has 5 nitrogen and oxygen atoms in total. The van der Waals surface area contributed by atoms with Crippen molar-refractivity contribution in [2.45, 2.75) is 82.3 Å². The van der Waals surface area contributed by atoms with Gasteiger partial charge in [0, 0.05) is 5.69 Å². The second-order valence-corrected chi connectivity index (χ2v) is 8.30. The standard InChI is InChI=1S/C21H29N3O2/c1-16-8-10-17(11-9-16)22-19(26)24-18(25)20(12-4-2-5-13-20)23-21(24)14-6-3-7-15-21/h8-11,23H,2-7,12-15H2,1H3,(H,22,26). The monoisotopic (exact) mass is 355 g/mol. The highest BCUT2D eigenvalue weighted by molar-refractivity contribution is 6.07. The number of benzene rings is 1. The van der Waals surface area contributed by atoms with Crippen molar-refractivity contribution in [1.29, 1.82) is 0 Å². The second-order valence-electron chi connectivity index (χ2n) is 8.30.